The first-order chi connectivity index (χ1) is 15.1. The summed E-state index contributed by atoms with van der Waals surface area (Å²) in [6, 6.07) is 17.3. The first-order valence-corrected chi connectivity index (χ1v) is 11.6. The van der Waals surface area contributed by atoms with Crippen molar-refractivity contribution in [3.63, 3.8) is 0 Å². The first-order valence-electron chi connectivity index (χ1n) is 10.1. The van der Waals surface area contributed by atoms with Gasteiger partial charge < -0.3 is 10.1 Å². The summed E-state index contributed by atoms with van der Waals surface area (Å²) >= 11 is 0. The number of nitrogens with one attached hydrogen (secondary N) is 2. The lowest BCUT2D eigenvalue weighted by molar-refractivity contribution is -0.115. The molecule has 6 nitrogen and oxygen atoms in total. The van der Waals surface area contributed by atoms with Gasteiger partial charge in [0.25, 0.3) is 10.0 Å². The van der Waals surface area contributed by atoms with Crippen LogP contribution >= 0.6 is 0 Å². The summed E-state index contributed by atoms with van der Waals surface area (Å²) < 4.78 is 47.5. The van der Waals surface area contributed by atoms with Crippen molar-refractivity contribution in [2.24, 2.45) is 0 Å². The number of halogens is 1. The predicted molar refractivity (Wildman–Crippen MR) is 123 cm³/mol. The van der Waals surface area contributed by atoms with Gasteiger partial charge in [-0.1, -0.05) is 30.3 Å². The predicted octanol–water partition coefficient (Wildman–Crippen LogP) is 4.90. The van der Waals surface area contributed by atoms with Gasteiger partial charge >= 0.3 is 0 Å². The largest absolute Gasteiger partial charge is 0.491 e. The number of hydrogen-bond acceptors (Lipinski definition) is 4. The summed E-state index contributed by atoms with van der Waals surface area (Å²) in [6.07, 6.45) is 0.114. The number of amides is 1. The quantitative estimate of drug-likeness (QED) is 0.505. The fraction of sp³-hybridized carbons (Fsp3) is 0.208. The zero-order chi connectivity index (χ0) is 23.3. The number of ether oxygens (including phenoxy) is 1. The molecule has 0 fully saturated rings. The van der Waals surface area contributed by atoms with E-state index in [0.717, 1.165) is 5.56 Å². The van der Waals surface area contributed by atoms with Crippen LogP contribution < -0.4 is 14.8 Å². The van der Waals surface area contributed by atoms with E-state index in [1.54, 1.807) is 25.1 Å². The van der Waals surface area contributed by atoms with E-state index in [1.807, 2.05) is 32.0 Å². The lowest BCUT2D eigenvalue weighted by Gasteiger charge is -2.13. The van der Waals surface area contributed by atoms with Gasteiger partial charge in [0.05, 0.1) is 23.1 Å². The molecule has 2 N–H and O–H groups in total. The van der Waals surface area contributed by atoms with E-state index in [9.17, 15) is 17.6 Å². The van der Waals surface area contributed by atoms with E-state index in [2.05, 4.69) is 10.0 Å². The van der Waals surface area contributed by atoms with Gasteiger partial charge in [0, 0.05) is 5.69 Å². The van der Waals surface area contributed by atoms with E-state index in [1.165, 1.54) is 30.3 Å². The number of para-hydroxylation sites is 1. The molecule has 3 rings (SSSR count). The van der Waals surface area contributed by atoms with Crippen LogP contribution in [0.3, 0.4) is 0 Å². The Hall–Kier alpha value is -3.39. The monoisotopic (exact) mass is 456 g/mol. The number of anilines is 2. The van der Waals surface area contributed by atoms with Gasteiger partial charge in [-0.05, 0) is 68.3 Å². The maximum absolute atomic E-state index is 13.9. The third kappa shape index (κ3) is 6.07. The Morgan fingerprint density at radius 1 is 1.03 bits per heavy atom. The van der Waals surface area contributed by atoms with Gasteiger partial charge in [-0.2, -0.15) is 0 Å². The molecule has 0 heterocycles. The maximum atomic E-state index is 13.9. The van der Waals surface area contributed by atoms with Crippen molar-refractivity contribution in [2.75, 3.05) is 10.0 Å². The highest BCUT2D eigenvalue weighted by Gasteiger charge is 2.19. The Balaban J connectivity index is 1.75. The average molecular weight is 457 g/mol. The molecule has 0 atom stereocenters. The third-order valence-electron chi connectivity index (χ3n) is 4.51. The van der Waals surface area contributed by atoms with Crippen molar-refractivity contribution < 1.29 is 22.3 Å². The summed E-state index contributed by atoms with van der Waals surface area (Å²) in [7, 11) is -4.06. The van der Waals surface area contributed by atoms with Gasteiger partial charge in [0.1, 0.15) is 11.6 Å². The maximum Gasteiger partial charge on any atom is 0.262 e. The van der Waals surface area contributed by atoms with E-state index >= 15 is 0 Å². The van der Waals surface area contributed by atoms with Crippen molar-refractivity contribution in [1.29, 1.82) is 0 Å². The lowest BCUT2D eigenvalue weighted by Crippen LogP contribution is -2.17. The summed E-state index contributed by atoms with van der Waals surface area (Å²) in [5, 5.41) is 2.72. The van der Waals surface area contributed by atoms with E-state index in [-0.39, 0.29) is 29.0 Å². The number of aryl methyl sites for hydroxylation is 1. The molecule has 0 radical (unpaired) electrons. The highest BCUT2D eigenvalue weighted by atomic mass is 32.2. The standard InChI is InChI=1S/C24H25FN2O4S/c1-16(2)31-20-8-6-7-18(13-20)14-24(28)26-19-12-11-17(3)23(15-19)32(29,30)27-22-10-5-4-9-21(22)25/h4-13,15-16,27H,14H2,1-3H3,(H,26,28). The molecule has 0 unspecified atom stereocenters. The molecule has 0 aliphatic carbocycles. The summed E-state index contributed by atoms with van der Waals surface area (Å²) in [5.74, 6) is -0.309. The molecular formula is C24H25FN2O4S. The minimum absolute atomic E-state index is 0.0185. The van der Waals surface area contributed by atoms with Crippen LogP contribution in [0, 0.1) is 12.7 Å². The molecule has 168 valence electrons. The summed E-state index contributed by atoms with van der Waals surface area (Å²) in [4.78, 5) is 12.5. The zero-order valence-electron chi connectivity index (χ0n) is 18.1. The van der Waals surface area contributed by atoms with Crippen LogP contribution in [0.5, 0.6) is 5.75 Å². The van der Waals surface area contributed by atoms with Gasteiger partial charge in [-0.15, -0.1) is 0 Å². The summed E-state index contributed by atoms with van der Waals surface area (Å²) in [6.45, 7) is 5.47. The second-order valence-corrected chi connectivity index (χ2v) is 9.26. The van der Waals surface area contributed by atoms with Crippen molar-refractivity contribution in [3.05, 3.63) is 83.7 Å². The zero-order valence-corrected chi connectivity index (χ0v) is 18.9. The average Bonchev–Trinajstić information content (AvgIpc) is 2.70. The van der Waals surface area contributed by atoms with Crippen LogP contribution in [0.2, 0.25) is 0 Å². The Bertz CT molecular complexity index is 1230. The molecule has 0 saturated heterocycles. The molecule has 1 amide bonds. The van der Waals surface area contributed by atoms with Crippen LogP contribution in [-0.2, 0) is 21.2 Å². The minimum Gasteiger partial charge on any atom is -0.491 e. The molecule has 3 aromatic carbocycles. The van der Waals surface area contributed by atoms with E-state index in [4.69, 9.17) is 4.74 Å². The Kier molecular flexibility index (Phi) is 7.15. The Morgan fingerprint density at radius 3 is 2.50 bits per heavy atom. The molecule has 8 heteroatoms. The van der Waals surface area contributed by atoms with Crippen LogP contribution in [-0.4, -0.2) is 20.4 Å². The van der Waals surface area contributed by atoms with Crippen LogP contribution in [0.4, 0.5) is 15.8 Å². The number of carbonyl (C=O) groups excluding carboxylic acids is 1. The number of hydrogen-bond donors (Lipinski definition) is 2. The number of benzene rings is 3. The molecule has 32 heavy (non-hydrogen) atoms. The molecule has 0 spiro atoms. The molecule has 0 aromatic heterocycles. The highest BCUT2D eigenvalue weighted by molar-refractivity contribution is 7.92. The molecule has 0 aliphatic rings. The number of carbonyl (C=O) groups is 1. The smallest absolute Gasteiger partial charge is 0.262 e. The highest BCUT2D eigenvalue weighted by Crippen LogP contribution is 2.24. The van der Waals surface area contributed by atoms with Gasteiger partial charge in [0.2, 0.25) is 5.91 Å². The number of sulfonamides is 1. The fourth-order valence-corrected chi connectivity index (χ4v) is 4.44. The normalized spacial score (nSPS) is 11.3. The van der Waals surface area contributed by atoms with Gasteiger partial charge in [-0.25, -0.2) is 12.8 Å². The number of rotatable bonds is 8. The van der Waals surface area contributed by atoms with E-state index < -0.39 is 15.8 Å². The second-order valence-electron chi connectivity index (χ2n) is 7.60. The molecular weight excluding hydrogens is 431 g/mol. The Labute approximate surface area is 187 Å². The van der Waals surface area contributed by atoms with Crippen LogP contribution in [0.1, 0.15) is 25.0 Å². The van der Waals surface area contributed by atoms with Crippen molar-refractivity contribution >= 4 is 27.3 Å². The second kappa shape index (κ2) is 9.82. The molecule has 3 aromatic rings. The van der Waals surface area contributed by atoms with E-state index in [0.29, 0.717) is 17.0 Å². The van der Waals surface area contributed by atoms with Crippen molar-refractivity contribution in [3.8, 4) is 5.75 Å². The summed E-state index contributed by atoms with van der Waals surface area (Å²) in [5.41, 5.74) is 1.40. The molecule has 0 aliphatic heterocycles. The molecule has 0 saturated carbocycles. The lowest BCUT2D eigenvalue weighted by atomic mass is 10.1. The van der Waals surface area contributed by atoms with Crippen LogP contribution in [0.25, 0.3) is 0 Å². The Morgan fingerprint density at radius 2 is 1.78 bits per heavy atom. The van der Waals surface area contributed by atoms with Crippen molar-refractivity contribution in [1.82, 2.24) is 0 Å². The van der Waals surface area contributed by atoms with Crippen molar-refractivity contribution in [2.45, 2.75) is 38.2 Å². The van der Waals surface area contributed by atoms with Gasteiger partial charge in [0.15, 0.2) is 0 Å². The topological polar surface area (TPSA) is 84.5 Å². The third-order valence-corrected chi connectivity index (χ3v) is 6.02. The van der Waals surface area contributed by atoms with Gasteiger partial charge in [-0.3, -0.25) is 9.52 Å². The fourth-order valence-electron chi connectivity index (χ4n) is 3.10. The first kappa shape index (κ1) is 23.3. The van der Waals surface area contributed by atoms with Crippen LogP contribution in [0.15, 0.2) is 71.6 Å². The molecule has 0 bridgehead atoms. The SMILES string of the molecule is Cc1ccc(NC(=O)Cc2cccc(OC(C)C)c2)cc1S(=O)(=O)Nc1ccccc1F. The minimum atomic E-state index is -4.06.